The highest BCUT2D eigenvalue weighted by Gasteiger charge is 2.05. The second kappa shape index (κ2) is 4.94. The second-order valence-electron chi connectivity index (χ2n) is 3.64. The number of halogens is 2. The molecule has 0 aliphatic carbocycles. The minimum Gasteiger partial charge on any atom is -0.396 e. The predicted octanol–water partition coefficient (Wildman–Crippen LogP) is 4.13. The Labute approximate surface area is 113 Å². The molecule has 0 saturated heterocycles. The van der Waals surface area contributed by atoms with Gasteiger partial charge < -0.3 is 11.1 Å². The van der Waals surface area contributed by atoms with E-state index in [0.717, 1.165) is 15.9 Å². The van der Waals surface area contributed by atoms with Crippen LogP contribution in [0, 0.1) is 6.92 Å². The number of nitrogens with two attached hydrogens (primary N) is 1. The number of aryl methyl sites for hydroxylation is 1. The predicted molar refractivity (Wildman–Crippen MR) is 75.8 cm³/mol. The van der Waals surface area contributed by atoms with Crippen LogP contribution in [0.1, 0.15) is 5.69 Å². The fraction of sp³-hybridized carbons (Fsp3) is 0.0833. The number of hydrogen-bond acceptors (Lipinski definition) is 3. The zero-order chi connectivity index (χ0) is 12.4. The highest BCUT2D eigenvalue weighted by Crippen LogP contribution is 2.29. The second-order valence-corrected chi connectivity index (χ2v) is 4.93. The normalized spacial score (nSPS) is 10.3. The lowest BCUT2D eigenvalue weighted by molar-refractivity contribution is 1.20. The Morgan fingerprint density at radius 2 is 2.06 bits per heavy atom. The van der Waals surface area contributed by atoms with E-state index in [-0.39, 0.29) is 0 Å². The Kier molecular flexibility index (Phi) is 3.54. The summed E-state index contributed by atoms with van der Waals surface area (Å²) in [5.74, 6) is 0.646. The van der Waals surface area contributed by atoms with Gasteiger partial charge in [0.15, 0.2) is 5.82 Å². The molecule has 88 valence electrons. The lowest BCUT2D eigenvalue weighted by atomic mass is 10.3. The molecule has 1 aromatic carbocycles. The minimum atomic E-state index is 0.609. The van der Waals surface area contributed by atoms with Crippen LogP contribution >= 0.6 is 27.5 Å². The van der Waals surface area contributed by atoms with E-state index in [2.05, 4.69) is 26.2 Å². The van der Waals surface area contributed by atoms with Gasteiger partial charge in [0.25, 0.3) is 0 Å². The maximum atomic E-state index is 5.88. The number of aromatic nitrogens is 1. The van der Waals surface area contributed by atoms with E-state index in [1.165, 1.54) is 0 Å². The Morgan fingerprint density at radius 1 is 1.29 bits per heavy atom. The Bertz CT molecular complexity index is 557. The van der Waals surface area contributed by atoms with Gasteiger partial charge in [-0.15, -0.1) is 0 Å². The summed E-state index contributed by atoms with van der Waals surface area (Å²) in [6, 6.07) is 9.19. The first-order valence-electron chi connectivity index (χ1n) is 5.01. The monoisotopic (exact) mass is 311 g/mol. The van der Waals surface area contributed by atoms with Gasteiger partial charge in [0, 0.05) is 15.2 Å². The number of rotatable bonds is 2. The van der Waals surface area contributed by atoms with Crippen molar-refractivity contribution >= 4 is 44.7 Å². The van der Waals surface area contributed by atoms with Gasteiger partial charge in [-0.25, -0.2) is 4.98 Å². The number of nitrogen functional groups attached to an aromatic ring is 1. The summed E-state index contributed by atoms with van der Waals surface area (Å²) in [6.45, 7) is 1.92. The number of nitrogens with zero attached hydrogens (tertiary/aromatic N) is 1. The average Bonchev–Trinajstić information content (AvgIpc) is 2.27. The average molecular weight is 313 g/mol. The molecule has 3 N–H and O–H groups in total. The third-order valence-electron chi connectivity index (χ3n) is 2.25. The highest BCUT2D eigenvalue weighted by atomic mass is 79.9. The minimum absolute atomic E-state index is 0.609. The van der Waals surface area contributed by atoms with Crippen LogP contribution in [0.4, 0.5) is 17.2 Å². The van der Waals surface area contributed by atoms with Gasteiger partial charge in [0.05, 0.1) is 11.4 Å². The molecule has 3 nitrogen and oxygen atoms in total. The molecule has 0 bridgehead atoms. The lowest BCUT2D eigenvalue weighted by Crippen LogP contribution is -2.00. The molecule has 0 fully saturated rings. The molecule has 2 rings (SSSR count). The van der Waals surface area contributed by atoms with E-state index in [0.29, 0.717) is 16.5 Å². The van der Waals surface area contributed by atoms with Crippen molar-refractivity contribution in [3.05, 3.63) is 45.5 Å². The van der Waals surface area contributed by atoms with E-state index in [4.69, 9.17) is 17.3 Å². The number of hydrogen-bond donors (Lipinski definition) is 2. The number of anilines is 3. The van der Waals surface area contributed by atoms with Gasteiger partial charge >= 0.3 is 0 Å². The van der Waals surface area contributed by atoms with Gasteiger partial charge in [-0.2, -0.15) is 0 Å². The molecule has 1 heterocycles. The zero-order valence-electron chi connectivity index (χ0n) is 9.17. The Hall–Kier alpha value is -1.26. The zero-order valence-corrected chi connectivity index (χ0v) is 11.5. The number of benzene rings is 1. The van der Waals surface area contributed by atoms with Crippen LogP contribution in [0.2, 0.25) is 5.02 Å². The van der Waals surface area contributed by atoms with E-state index in [9.17, 15) is 0 Å². The molecule has 0 spiro atoms. The topological polar surface area (TPSA) is 50.9 Å². The molecule has 0 aliphatic rings. The molecule has 0 radical (unpaired) electrons. The third kappa shape index (κ3) is 2.90. The number of pyridine rings is 1. The summed E-state index contributed by atoms with van der Waals surface area (Å²) in [5, 5.41) is 3.84. The molecule has 5 heteroatoms. The maximum Gasteiger partial charge on any atom is 0.153 e. The van der Waals surface area contributed by atoms with Crippen LogP contribution in [-0.4, -0.2) is 4.98 Å². The maximum absolute atomic E-state index is 5.88. The third-order valence-corrected chi connectivity index (χ3v) is 3.14. The smallest absolute Gasteiger partial charge is 0.153 e. The molecule has 0 atom stereocenters. The molecule has 0 unspecified atom stereocenters. The van der Waals surface area contributed by atoms with Crippen molar-refractivity contribution in [3.8, 4) is 0 Å². The molecular weight excluding hydrogens is 302 g/mol. The van der Waals surface area contributed by atoms with Crippen LogP contribution < -0.4 is 11.1 Å². The van der Waals surface area contributed by atoms with Crippen LogP contribution in [0.25, 0.3) is 0 Å². The van der Waals surface area contributed by atoms with Crippen molar-refractivity contribution in [1.29, 1.82) is 0 Å². The largest absolute Gasteiger partial charge is 0.396 e. The Balaban J connectivity index is 2.34. The molecule has 2 aromatic rings. The van der Waals surface area contributed by atoms with E-state index in [1.807, 2.05) is 31.2 Å². The van der Waals surface area contributed by atoms with Crippen LogP contribution in [0.15, 0.2) is 34.8 Å². The van der Waals surface area contributed by atoms with Gasteiger partial charge in [-0.1, -0.05) is 11.6 Å². The summed E-state index contributed by atoms with van der Waals surface area (Å²) in [4.78, 5) is 4.34. The quantitative estimate of drug-likeness (QED) is 0.876. The molecule has 17 heavy (non-hydrogen) atoms. The van der Waals surface area contributed by atoms with Crippen molar-refractivity contribution in [2.75, 3.05) is 11.1 Å². The summed E-state index contributed by atoms with van der Waals surface area (Å²) in [7, 11) is 0. The fourth-order valence-corrected chi connectivity index (χ4v) is 2.17. The lowest BCUT2D eigenvalue weighted by Gasteiger charge is -2.10. The highest BCUT2D eigenvalue weighted by molar-refractivity contribution is 9.10. The van der Waals surface area contributed by atoms with Crippen LogP contribution in [0.3, 0.4) is 0 Å². The summed E-state index contributed by atoms with van der Waals surface area (Å²) in [5.41, 5.74) is 8.24. The van der Waals surface area contributed by atoms with Crippen molar-refractivity contribution in [3.63, 3.8) is 0 Å². The summed E-state index contributed by atoms with van der Waals surface area (Å²) in [6.07, 6.45) is 0. The van der Waals surface area contributed by atoms with Crippen molar-refractivity contribution in [2.45, 2.75) is 6.92 Å². The Morgan fingerprint density at radius 3 is 2.76 bits per heavy atom. The molecule has 0 saturated carbocycles. The molecule has 0 aliphatic heterocycles. The van der Waals surface area contributed by atoms with Gasteiger partial charge in [-0.3, -0.25) is 0 Å². The summed E-state index contributed by atoms with van der Waals surface area (Å²) < 4.78 is 0.868. The van der Waals surface area contributed by atoms with Crippen molar-refractivity contribution in [2.24, 2.45) is 0 Å². The van der Waals surface area contributed by atoms with Gasteiger partial charge in [0.1, 0.15) is 0 Å². The van der Waals surface area contributed by atoms with Gasteiger partial charge in [-0.05, 0) is 53.2 Å². The fourth-order valence-electron chi connectivity index (χ4n) is 1.39. The van der Waals surface area contributed by atoms with Gasteiger partial charge in [0.2, 0.25) is 0 Å². The molecule has 1 aromatic heterocycles. The van der Waals surface area contributed by atoms with E-state index >= 15 is 0 Å². The van der Waals surface area contributed by atoms with Crippen molar-refractivity contribution in [1.82, 2.24) is 4.98 Å². The first kappa shape index (κ1) is 12.2. The van der Waals surface area contributed by atoms with Crippen LogP contribution in [0.5, 0.6) is 0 Å². The first-order chi connectivity index (χ1) is 8.06. The van der Waals surface area contributed by atoms with Crippen LogP contribution in [-0.2, 0) is 0 Å². The number of nitrogens with one attached hydrogen (secondary N) is 1. The molecule has 0 amide bonds. The standard InChI is InChI=1S/C12H11BrClN3/c1-7-2-4-10(15)12(16-7)17-11-5-3-8(14)6-9(11)13/h2-6H,15H2,1H3,(H,16,17). The molecular formula is C12H11BrClN3. The first-order valence-corrected chi connectivity index (χ1v) is 6.18. The van der Waals surface area contributed by atoms with E-state index in [1.54, 1.807) is 6.07 Å². The van der Waals surface area contributed by atoms with E-state index < -0.39 is 0 Å². The van der Waals surface area contributed by atoms with Crippen molar-refractivity contribution < 1.29 is 0 Å². The SMILES string of the molecule is Cc1ccc(N)c(Nc2ccc(Cl)cc2Br)n1. The summed E-state index contributed by atoms with van der Waals surface area (Å²) >= 11 is 9.31.